The van der Waals surface area contributed by atoms with Crippen LogP contribution in [-0.2, 0) is 0 Å². The van der Waals surface area contributed by atoms with Crippen LogP contribution in [0.4, 0.5) is 0 Å². The second-order valence-electron chi connectivity index (χ2n) is 12.3. The molecule has 0 nitrogen and oxygen atoms in total. The number of halogens is 1. The average Bonchev–Trinajstić information content (AvgIpc) is 3.14. The predicted octanol–water partition coefficient (Wildman–Crippen LogP) is 13.7. The number of rotatable bonds is 4. The number of benzene rings is 9. The van der Waals surface area contributed by atoms with Crippen molar-refractivity contribution in [2.75, 3.05) is 0 Å². The lowest BCUT2D eigenvalue weighted by Crippen LogP contribution is -1.86. The molecule has 9 rings (SSSR count). The van der Waals surface area contributed by atoms with E-state index in [2.05, 4.69) is 192 Å². The molecule has 0 saturated heterocycles. The molecule has 1 heteroatoms. The van der Waals surface area contributed by atoms with Crippen molar-refractivity contribution < 1.29 is 0 Å². The lowest BCUT2D eigenvalue weighted by Gasteiger charge is -2.12. The van der Waals surface area contributed by atoms with Gasteiger partial charge in [-0.05, 0) is 130 Å². The summed E-state index contributed by atoms with van der Waals surface area (Å²) in [6.07, 6.45) is 0. The molecule has 0 fully saturated rings. The molecule has 0 heterocycles. The van der Waals surface area contributed by atoms with Gasteiger partial charge in [0.1, 0.15) is 0 Å². The fraction of sp³-hybridized carbons (Fsp3) is 0. The van der Waals surface area contributed by atoms with Gasteiger partial charge in [-0.25, -0.2) is 0 Å². The quantitative estimate of drug-likeness (QED) is 0.165. The van der Waals surface area contributed by atoms with Crippen LogP contribution in [0.1, 0.15) is 0 Å². The summed E-state index contributed by atoms with van der Waals surface area (Å²) in [5.41, 5.74) is 9.78. The first-order valence-electron chi connectivity index (χ1n) is 16.0. The van der Waals surface area contributed by atoms with E-state index < -0.39 is 0 Å². The van der Waals surface area contributed by atoms with Crippen LogP contribution in [0.3, 0.4) is 0 Å². The number of hydrogen-bond acceptors (Lipinski definition) is 0. The second kappa shape index (κ2) is 11.4. The Balaban J connectivity index is 1.07. The maximum atomic E-state index is 3.94. The van der Waals surface area contributed by atoms with Gasteiger partial charge in [-0.3, -0.25) is 0 Å². The van der Waals surface area contributed by atoms with E-state index in [1.807, 2.05) is 0 Å². The van der Waals surface area contributed by atoms with E-state index in [4.69, 9.17) is 0 Å². The highest BCUT2D eigenvalue weighted by molar-refractivity contribution is 9.10. The van der Waals surface area contributed by atoms with Crippen LogP contribution in [0, 0.1) is 0 Å². The van der Waals surface area contributed by atoms with Gasteiger partial charge in [0.05, 0.1) is 0 Å². The minimum atomic E-state index is 1.11. The first kappa shape index (κ1) is 27.8. The zero-order chi connectivity index (χ0) is 31.3. The first-order chi connectivity index (χ1) is 23.2. The van der Waals surface area contributed by atoms with Crippen molar-refractivity contribution in [1.29, 1.82) is 0 Å². The molecule has 9 aromatic rings. The highest BCUT2D eigenvalue weighted by atomic mass is 79.9. The molecular weight excluding hydrogens is 632 g/mol. The third kappa shape index (κ3) is 5.10. The molecular formula is C46H29Br. The molecule has 0 aliphatic heterocycles. The average molecular weight is 662 g/mol. The van der Waals surface area contributed by atoms with Crippen molar-refractivity contribution in [2.24, 2.45) is 0 Å². The summed E-state index contributed by atoms with van der Waals surface area (Å²) in [4.78, 5) is 0. The highest BCUT2D eigenvalue weighted by Gasteiger charge is 2.11. The fourth-order valence-electron chi connectivity index (χ4n) is 6.97. The molecule has 9 aromatic carbocycles. The molecule has 0 bridgehead atoms. The van der Waals surface area contributed by atoms with Gasteiger partial charge in [0, 0.05) is 4.47 Å². The molecule has 0 amide bonds. The molecule has 0 spiro atoms. The summed E-state index contributed by atoms with van der Waals surface area (Å²) in [7, 11) is 0. The number of fused-ring (bicyclic) bond motifs is 5. The Morgan fingerprint density at radius 1 is 0.234 bits per heavy atom. The van der Waals surface area contributed by atoms with Crippen molar-refractivity contribution in [3.63, 3.8) is 0 Å². The lowest BCUT2D eigenvalue weighted by molar-refractivity contribution is 1.61. The molecule has 0 saturated carbocycles. The topological polar surface area (TPSA) is 0 Å². The van der Waals surface area contributed by atoms with E-state index in [9.17, 15) is 0 Å². The lowest BCUT2D eigenvalue weighted by atomic mass is 9.93. The van der Waals surface area contributed by atoms with Crippen molar-refractivity contribution in [3.05, 3.63) is 180 Å². The van der Waals surface area contributed by atoms with Crippen molar-refractivity contribution in [3.8, 4) is 44.5 Å². The van der Waals surface area contributed by atoms with E-state index in [0.717, 1.165) is 4.47 Å². The maximum Gasteiger partial charge on any atom is 0.0260 e. The molecule has 0 aliphatic carbocycles. The molecule has 0 unspecified atom stereocenters. The van der Waals surface area contributed by atoms with Crippen LogP contribution in [0.2, 0.25) is 0 Å². The summed E-state index contributed by atoms with van der Waals surface area (Å²) in [5.74, 6) is 0. The van der Waals surface area contributed by atoms with Crippen LogP contribution in [-0.4, -0.2) is 0 Å². The third-order valence-corrected chi connectivity index (χ3v) is 10.1. The fourth-order valence-corrected chi connectivity index (χ4v) is 7.55. The summed E-state index contributed by atoms with van der Waals surface area (Å²) in [5, 5.41) is 10.0. The van der Waals surface area contributed by atoms with Crippen LogP contribution in [0.25, 0.3) is 87.6 Å². The molecule has 0 atom stereocenters. The van der Waals surface area contributed by atoms with Gasteiger partial charge >= 0.3 is 0 Å². The minimum absolute atomic E-state index is 1.11. The third-order valence-electron chi connectivity index (χ3n) is 9.46. The normalized spacial score (nSPS) is 11.5. The van der Waals surface area contributed by atoms with Crippen LogP contribution >= 0.6 is 15.9 Å². The summed E-state index contributed by atoms with van der Waals surface area (Å²) in [6.45, 7) is 0. The Morgan fingerprint density at radius 2 is 0.638 bits per heavy atom. The van der Waals surface area contributed by atoms with Crippen LogP contribution < -0.4 is 0 Å². The van der Waals surface area contributed by atoms with Gasteiger partial charge in [0.2, 0.25) is 0 Å². The molecule has 0 aliphatic rings. The Morgan fingerprint density at radius 3 is 1.17 bits per heavy atom. The van der Waals surface area contributed by atoms with E-state index in [1.165, 1.54) is 87.6 Å². The maximum absolute atomic E-state index is 3.94. The predicted molar refractivity (Wildman–Crippen MR) is 206 cm³/mol. The SMILES string of the molecule is Brc1cc2cc(-c3cccc(-c4ccc5ccccc5c4)c3)ccc2c2ccc(-c3cccc(-c4ccc5ccccc5c4)c3)cc12. The van der Waals surface area contributed by atoms with Gasteiger partial charge in [-0.1, -0.05) is 149 Å². The zero-order valence-corrected chi connectivity index (χ0v) is 27.2. The van der Waals surface area contributed by atoms with Crippen molar-refractivity contribution in [1.82, 2.24) is 0 Å². The largest absolute Gasteiger partial charge is 0.0616 e. The molecule has 0 N–H and O–H groups in total. The van der Waals surface area contributed by atoms with Gasteiger partial charge in [0.25, 0.3) is 0 Å². The highest BCUT2D eigenvalue weighted by Crippen LogP contribution is 2.38. The van der Waals surface area contributed by atoms with E-state index in [1.54, 1.807) is 0 Å². The monoisotopic (exact) mass is 660 g/mol. The van der Waals surface area contributed by atoms with Gasteiger partial charge in [0.15, 0.2) is 0 Å². The Labute approximate surface area is 282 Å². The van der Waals surface area contributed by atoms with Gasteiger partial charge < -0.3 is 0 Å². The summed E-state index contributed by atoms with van der Waals surface area (Å²) < 4.78 is 1.11. The second-order valence-corrected chi connectivity index (χ2v) is 13.2. The van der Waals surface area contributed by atoms with E-state index >= 15 is 0 Å². The van der Waals surface area contributed by atoms with Gasteiger partial charge in [-0.15, -0.1) is 0 Å². The Bertz CT molecular complexity index is 2650. The summed E-state index contributed by atoms with van der Waals surface area (Å²) >= 11 is 3.94. The van der Waals surface area contributed by atoms with Gasteiger partial charge in [-0.2, -0.15) is 0 Å². The molecule has 0 aromatic heterocycles. The Kier molecular flexibility index (Phi) is 6.73. The number of hydrogen-bond donors (Lipinski definition) is 0. The zero-order valence-electron chi connectivity index (χ0n) is 25.6. The van der Waals surface area contributed by atoms with Crippen LogP contribution in [0.5, 0.6) is 0 Å². The van der Waals surface area contributed by atoms with E-state index in [0.29, 0.717) is 0 Å². The first-order valence-corrected chi connectivity index (χ1v) is 16.8. The standard InChI is InChI=1S/C46H29Br/c47-46-29-42-27-40(36-13-5-11-34(25-36)38-17-15-30-7-1-3-9-32(30)23-38)19-21-43(42)44-22-20-41(28-45(44)46)37-14-6-12-35(26-37)39-18-16-31-8-2-4-10-33(31)24-39/h1-29H. The van der Waals surface area contributed by atoms with E-state index in [-0.39, 0.29) is 0 Å². The molecule has 0 radical (unpaired) electrons. The summed E-state index contributed by atoms with van der Waals surface area (Å²) in [6, 6.07) is 64.2. The molecule has 47 heavy (non-hydrogen) atoms. The molecule has 220 valence electrons. The smallest absolute Gasteiger partial charge is 0.0260 e. The van der Waals surface area contributed by atoms with Crippen LogP contribution in [0.15, 0.2) is 180 Å². The van der Waals surface area contributed by atoms with Crippen molar-refractivity contribution in [2.45, 2.75) is 0 Å². The minimum Gasteiger partial charge on any atom is -0.0616 e. The van der Waals surface area contributed by atoms with Crippen molar-refractivity contribution >= 4 is 59.0 Å². The Hall–Kier alpha value is -5.50.